The van der Waals surface area contributed by atoms with E-state index in [-0.39, 0.29) is 20.9 Å². The molecule has 0 amide bonds. The molecule has 0 saturated carbocycles. The van der Waals surface area contributed by atoms with Crippen molar-refractivity contribution in [1.82, 2.24) is 0 Å². The van der Waals surface area contributed by atoms with Gasteiger partial charge in [0, 0.05) is 0 Å². The maximum atomic E-state index is 2.34. The van der Waals surface area contributed by atoms with E-state index in [9.17, 15) is 0 Å². The van der Waals surface area contributed by atoms with Gasteiger partial charge in [0.15, 0.2) is 0 Å². The van der Waals surface area contributed by atoms with Crippen LogP contribution in [0.25, 0.3) is 6.08 Å². The van der Waals surface area contributed by atoms with Crippen molar-refractivity contribution in [2.75, 3.05) is 0 Å². The third-order valence-electron chi connectivity index (χ3n) is 2.29. The predicted octanol–water partition coefficient (Wildman–Crippen LogP) is 3.00. The molecule has 0 spiro atoms. The maximum absolute atomic E-state index is 2.34. The monoisotopic (exact) mass is 324 g/mol. The van der Waals surface area contributed by atoms with E-state index in [0.717, 1.165) is 0 Å². The van der Waals surface area contributed by atoms with Crippen molar-refractivity contribution < 1.29 is 0 Å². The molecule has 80 valence electrons. The summed E-state index contributed by atoms with van der Waals surface area (Å²) in [6.07, 6.45) is 2.23. The summed E-state index contributed by atoms with van der Waals surface area (Å²) in [6, 6.07) is 19.4. The summed E-state index contributed by atoms with van der Waals surface area (Å²) in [5.41, 5.74) is 2.61. The van der Waals surface area contributed by atoms with Gasteiger partial charge in [0.05, 0.1) is 0 Å². The van der Waals surface area contributed by atoms with Crippen LogP contribution in [0.1, 0.15) is 11.1 Å². The van der Waals surface area contributed by atoms with Crippen LogP contribution in [0.3, 0.4) is 0 Å². The summed E-state index contributed by atoms with van der Waals surface area (Å²) in [7, 11) is 0. The Bertz CT molecular complexity index is 455. The van der Waals surface area contributed by atoms with Crippen molar-refractivity contribution in [2.24, 2.45) is 0 Å². The average Bonchev–Trinajstić information content (AvgIpc) is 2.33. The van der Waals surface area contributed by atoms with Crippen LogP contribution in [0.5, 0.6) is 0 Å². The fourth-order valence-electron chi connectivity index (χ4n) is 1.37. The molecule has 0 aliphatic heterocycles. The van der Waals surface area contributed by atoms with E-state index >= 15 is 0 Å². The first kappa shape index (κ1) is 11.5. The molecule has 0 radical (unpaired) electrons. The van der Waals surface area contributed by atoms with Crippen LogP contribution in [0.15, 0.2) is 58.7 Å². The van der Waals surface area contributed by atoms with Crippen molar-refractivity contribution in [3.8, 4) is 0 Å². The Balaban J connectivity index is 1.98. The van der Waals surface area contributed by atoms with E-state index in [1.165, 1.54) is 14.7 Å². The zero-order valence-corrected chi connectivity index (χ0v) is 11.6. The fourth-order valence-corrected chi connectivity index (χ4v) is 3.36. The molecule has 0 aliphatic rings. The van der Waals surface area contributed by atoms with Gasteiger partial charge in [-0.3, -0.25) is 0 Å². The predicted molar refractivity (Wildman–Crippen MR) is 72.0 cm³/mol. The van der Waals surface area contributed by atoms with Gasteiger partial charge in [0.25, 0.3) is 0 Å². The third-order valence-corrected chi connectivity index (χ3v) is 4.62. The Morgan fingerprint density at radius 1 is 0.875 bits per heavy atom. The van der Waals surface area contributed by atoms with Crippen molar-refractivity contribution in [1.29, 1.82) is 0 Å². The van der Waals surface area contributed by atoms with Crippen molar-refractivity contribution >= 4 is 30.6 Å². The zero-order valence-electron chi connectivity index (χ0n) is 9.26. The molecule has 2 rings (SSSR count). The third kappa shape index (κ3) is 3.52. The Kier molecular flexibility index (Phi) is 4.22. The van der Waals surface area contributed by atoms with E-state index < -0.39 is 0 Å². The molecule has 0 fully saturated rings. The van der Waals surface area contributed by atoms with Crippen LogP contribution < -0.4 is 3.61 Å². The summed E-state index contributed by atoms with van der Waals surface area (Å²) < 4.78 is 3.82. The second-order valence-corrected chi connectivity index (χ2v) is 6.44. The van der Waals surface area contributed by atoms with E-state index in [1.807, 2.05) is 0 Å². The van der Waals surface area contributed by atoms with Crippen LogP contribution >= 0.6 is 0 Å². The van der Waals surface area contributed by atoms with Crippen molar-refractivity contribution in [3.05, 3.63) is 69.8 Å². The summed E-state index contributed by atoms with van der Waals surface area (Å²) in [4.78, 5) is 0. The second kappa shape index (κ2) is 5.89. The molecule has 0 atom stereocenters. The Morgan fingerprint density at radius 3 is 2.25 bits per heavy atom. The standard InChI is InChI=1S/C15H14Te/c1-13-7-9-14(10-8-13)11-12-16-15-5-3-2-4-6-15/h2-12H,1H3/b12-11-. The molecular weight excluding hydrogens is 308 g/mol. The molecule has 2 aromatic rings. The Labute approximate surface area is 107 Å². The Hall–Kier alpha value is -1.03. The van der Waals surface area contributed by atoms with E-state index in [2.05, 4.69) is 71.7 Å². The first-order valence-electron chi connectivity index (χ1n) is 5.29. The number of benzene rings is 2. The van der Waals surface area contributed by atoms with Gasteiger partial charge >= 0.3 is 107 Å². The van der Waals surface area contributed by atoms with Crippen LogP contribution in [-0.2, 0) is 0 Å². The topological polar surface area (TPSA) is 0 Å². The quantitative estimate of drug-likeness (QED) is 0.762. The summed E-state index contributed by atoms with van der Waals surface area (Å²) in [6.45, 7) is 2.12. The number of hydrogen-bond acceptors (Lipinski definition) is 0. The molecule has 16 heavy (non-hydrogen) atoms. The SMILES string of the molecule is Cc1ccc(/C=C\[Te]c2ccccc2)cc1. The molecule has 2 aromatic carbocycles. The van der Waals surface area contributed by atoms with E-state index in [0.29, 0.717) is 0 Å². The summed E-state index contributed by atoms with van der Waals surface area (Å²) in [5, 5.41) is 0. The average molecular weight is 322 g/mol. The molecule has 0 unspecified atom stereocenters. The van der Waals surface area contributed by atoms with Gasteiger partial charge in [-0.05, 0) is 0 Å². The molecule has 0 nitrogen and oxygen atoms in total. The molecule has 0 N–H and O–H groups in total. The van der Waals surface area contributed by atoms with E-state index in [1.54, 1.807) is 0 Å². The second-order valence-electron chi connectivity index (χ2n) is 3.64. The van der Waals surface area contributed by atoms with Gasteiger partial charge in [0.1, 0.15) is 0 Å². The molecule has 0 aliphatic carbocycles. The van der Waals surface area contributed by atoms with Gasteiger partial charge in [-0.15, -0.1) is 0 Å². The normalized spacial score (nSPS) is 10.8. The minimum absolute atomic E-state index is 0.166. The van der Waals surface area contributed by atoms with Crippen LogP contribution in [-0.4, -0.2) is 20.9 Å². The van der Waals surface area contributed by atoms with Gasteiger partial charge in [-0.1, -0.05) is 0 Å². The molecule has 1 heteroatoms. The molecule has 0 aromatic heterocycles. The number of aryl methyl sites for hydroxylation is 1. The first-order chi connectivity index (χ1) is 7.84. The van der Waals surface area contributed by atoms with Gasteiger partial charge < -0.3 is 0 Å². The number of hydrogen-bond donors (Lipinski definition) is 0. The molecule has 0 saturated heterocycles. The van der Waals surface area contributed by atoms with Gasteiger partial charge in [-0.2, -0.15) is 0 Å². The summed E-state index contributed by atoms with van der Waals surface area (Å²) >= 11 is -0.166. The van der Waals surface area contributed by atoms with Gasteiger partial charge in [-0.25, -0.2) is 0 Å². The van der Waals surface area contributed by atoms with Crippen LogP contribution in [0.4, 0.5) is 0 Å². The summed E-state index contributed by atoms with van der Waals surface area (Å²) in [5.74, 6) is 0. The fraction of sp³-hybridized carbons (Fsp3) is 0.0667. The number of rotatable bonds is 3. The minimum atomic E-state index is -0.166. The molecule has 0 bridgehead atoms. The first-order valence-corrected chi connectivity index (χ1v) is 7.80. The van der Waals surface area contributed by atoms with Crippen molar-refractivity contribution in [3.63, 3.8) is 0 Å². The molecular formula is C15H14Te. The zero-order chi connectivity index (χ0) is 11.2. The van der Waals surface area contributed by atoms with E-state index in [4.69, 9.17) is 0 Å². The van der Waals surface area contributed by atoms with Crippen molar-refractivity contribution in [2.45, 2.75) is 6.92 Å². The Morgan fingerprint density at radius 2 is 1.56 bits per heavy atom. The molecule has 0 heterocycles. The van der Waals surface area contributed by atoms with Gasteiger partial charge in [0.2, 0.25) is 0 Å². The van der Waals surface area contributed by atoms with Crippen LogP contribution in [0, 0.1) is 6.92 Å². The van der Waals surface area contributed by atoms with Crippen LogP contribution in [0.2, 0.25) is 0 Å².